The Labute approximate surface area is 127 Å². The molecule has 21 heavy (non-hydrogen) atoms. The van der Waals surface area contributed by atoms with E-state index in [1.807, 2.05) is 7.05 Å². The average Bonchev–Trinajstić information content (AvgIpc) is 2.46. The molecule has 1 aliphatic heterocycles. The maximum absolute atomic E-state index is 12.6. The van der Waals surface area contributed by atoms with Gasteiger partial charge in [0.05, 0.1) is 21.6 Å². The highest BCUT2D eigenvalue weighted by atomic mass is 35.5. The topological polar surface area (TPSA) is 92.7 Å². The second kappa shape index (κ2) is 6.38. The summed E-state index contributed by atoms with van der Waals surface area (Å²) in [5.41, 5.74) is 5.72. The summed E-state index contributed by atoms with van der Waals surface area (Å²) in [7, 11) is 1.96. The largest absolute Gasteiger partial charge is 0.332 e. The number of carbonyl (C=O) groups is 1. The molecule has 0 saturated carbocycles. The van der Waals surface area contributed by atoms with Gasteiger partial charge in [-0.2, -0.15) is 0 Å². The van der Waals surface area contributed by atoms with Crippen LogP contribution in [0, 0.1) is 10.1 Å². The number of nitrogens with two attached hydrogens (primary N) is 1. The van der Waals surface area contributed by atoms with E-state index in [9.17, 15) is 14.9 Å². The zero-order valence-corrected chi connectivity index (χ0v) is 12.4. The number of piperazine rings is 1. The van der Waals surface area contributed by atoms with Crippen molar-refractivity contribution in [3.8, 4) is 0 Å². The molecule has 1 heterocycles. The van der Waals surface area contributed by atoms with Crippen LogP contribution in [0.3, 0.4) is 0 Å². The first-order valence-electron chi connectivity index (χ1n) is 6.57. The van der Waals surface area contributed by atoms with E-state index in [0.717, 1.165) is 6.54 Å². The van der Waals surface area contributed by atoms with Gasteiger partial charge in [-0.05, 0) is 13.1 Å². The Balaban J connectivity index is 2.30. The summed E-state index contributed by atoms with van der Waals surface area (Å²) in [6.07, 6.45) is 0. The van der Waals surface area contributed by atoms with Crippen molar-refractivity contribution < 1.29 is 9.72 Å². The molecule has 0 bridgehead atoms. The third-order valence-electron chi connectivity index (χ3n) is 3.61. The number of nitro benzene ring substituents is 1. The van der Waals surface area contributed by atoms with Crippen molar-refractivity contribution in [3.05, 3.63) is 38.9 Å². The predicted molar refractivity (Wildman–Crippen MR) is 79.5 cm³/mol. The number of nitro groups is 1. The number of rotatable bonds is 3. The maximum atomic E-state index is 12.6. The van der Waals surface area contributed by atoms with Gasteiger partial charge in [0.2, 0.25) is 0 Å². The minimum absolute atomic E-state index is 0.119. The highest BCUT2D eigenvalue weighted by molar-refractivity contribution is 6.33. The summed E-state index contributed by atoms with van der Waals surface area (Å²) in [6.45, 7) is 2.27. The lowest BCUT2D eigenvalue weighted by Crippen LogP contribution is -2.56. The molecule has 1 aromatic carbocycles. The van der Waals surface area contributed by atoms with Crippen LogP contribution < -0.4 is 5.73 Å². The summed E-state index contributed by atoms with van der Waals surface area (Å²) < 4.78 is 0. The van der Waals surface area contributed by atoms with Crippen molar-refractivity contribution in [2.24, 2.45) is 5.73 Å². The summed E-state index contributed by atoms with van der Waals surface area (Å²) in [6, 6.07) is 3.76. The van der Waals surface area contributed by atoms with Gasteiger partial charge in [-0.25, -0.2) is 0 Å². The minimum Gasteiger partial charge on any atom is -0.332 e. The zero-order chi connectivity index (χ0) is 15.6. The Morgan fingerprint density at radius 3 is 2.86 bits per heavy atom. The fourth-order valence-electron chi connectivity index (χ4n) is 2.43. The number of benzene rings is 1. The van der Waals surface area contributed by atoms with Gasteiger partial charge in [-0.3, -0.25) is 14.9 Å². The van der Waals surface area contributed by atoms with E-state index in [1.165, 1.54) is 18.2 Å². The Hall–Kier alpha value is -1.70. The number of hydrogen-bond donors (Lipinski definition) is 1. The van der Waals surface area contributed by atoms with Crippen molar-refractivity contribution in [3.63, 3.8) is 0 Å². The van der Waals surface area contributed by atoms with Gasteiger partial charge in [-0.15, -0.1) is 0 Å². The van der Waals surface area contributed by atoms with Crippen LogP contribution in [0.25, 0.3) is 0 Å². The Morgan fingerprint density at radius 1 is 1.52 bits per heavy atom. The van der Waals surface area contributed by atoms with E-state index in [1.54, 1.807) is 4.90 Å². The highest BCUT2D eigenvalue weighted by Crippen LogP contribution is 2.24. The molecule has 2 N–H and O–H groups in total. The van der Waals surface area contributed by atoms with Crippen molar-refractivity contribution in [1.29, 1.82) is 0 Å². The van der Waals surface area contributed by atoms with Gasteiger partial charge in [-0.1, -0.05) is 11.6 Å². The predicted octanol–water partition coefficient (Wildman–Crippen LogP) is 0.963. The molecular formula is C13H17ClN4O3. The molecule has 0 aromatic heterocycles. The molecule has 8 heteroatoms. The monoisotopic (exact) mass is 312 g/mol. The standard InChI is InChI=1S/C13H17ClN4O3/c1-16-4-5-17(10(7-15)8-16)13(19)11-6-9(18(20)21)2-3-12(11)14/h2-3,6,10H,4-5,7-8,15H2,1H3. The van der Waals surface area contributed by atoms with Crippen LogP contribution in [0.15, 0.2) is 18.2 Å². The van der Waals surface area contributed by atoms with E-state index in [0.29, 0.717) is 19.6 Å². The van der Waals surface area contributed by atoms with Gasteiger partial charge in [0.15, 0.2) is 0 Å². The van der Waals surface area contributed by atoms with Crippen LogP contribution in [0.4, 0.5) is 5.69 Å². The number of likely N-dealkylation sites (N-methyl/N-ethyl adjacent to an activating group) is 1. The summed E-state index contributed by atoms with van der Waals surface area (Å²) >= 11 is 6.02. The van der Waals surface area contributed by atoms with E-state index in [2.05, 4.69) is 4.90 Å². The third-order valence-corrected chi connectivity index (χ3v) is 3.94. The summed E-state index contributed by atoms with van der Waals surface area (Å²) in [5, 5.41) is 11.0. The SMILES string of the molecule is CN1CCN(C(=O)c2cc([N+](=O)[O-])ccc2Cl)C(CN)C1. The van der Waals surface area contributed by atoms with Crippen LogP contribution in [0.1, 0.15) is 10.4 Å². The van der Waals surface area contributed by atoms with Crippen LogP contribution in [-0.4, -0.2) is 59.9 Å². The molecule has 2 rings (SSSR count). The van der Waals surface area contributed by atoms with Gasteiger partial charge >= 0.3 is 0 Å². The molecule has 1 aromatic rings. The molecule has 0 radical (unpaired) electrons. The smallest absolute Gasteiger partial charge is 0.270 e. The van der Waals surface area contributed by atoms with E-state index < -0.39 is 4.92 Å². The van der Waals surface area contributed by atoms with Crippen LogP contribution in [0.2, 0.25) is 5.02 Å². The molecule has 1 saturated heterocycles. The van der Waals surface area contributed by atoms with E-state index in [4.69, 9.17) is 17.3 Å². The van der Waals surface area contributed by atoms with Gasteiger partial charge < -0.3 is 15.5 Å². The molecular weight excluding hydrogens is 296 g/mol. The Bertz CT molecular complexity index is 566. The molecule has 0 aliphatic carbocycles. The van der Waals surface area contributed by atoms with E-state index >= 15 is 0 Å². The second-order valence-corrected chi connectivity index (χ2v) is 5.48. The molecule has 1 aliphatic rings. The molecule has 1 amide bonds. The first-order valence-corrected chi connectivity index (χ1v) is 6.95. The fourth-order valence-corrected chi connectivity index (χ4v) is 2.62. The van der Waals surface area contributed by atoms with Gasteiger partial charge in [0, 0.05) is 38.3 Å². The second-order valence-electron chi connectivity index (χ2n) is 5.07. The van der Waals surface area contributed by atoms with Crippen LogP contribution in [0.5, 0.6) is 0 Å². The quantitative estimate of drug-likeness (QED) is 0.663. The summed E-state index contributed by atoms with van der Waals surface area (Å²) in [4.78, 5) is 26.6. The highest BCUT2D eigenvalue weighted by Gasteiger charge is 2.30. The lowest BCUT2D eigenvalue weighted by atomic mass is 10.1. The number of hydrogen-bond acceptors (Lipinski definition) is 5. The number of carbonyl (C=O) groups excluding carboxylic acids is 1. The molecule has 1 fully saturated rings. The average molecular weight is 313 g/mol. The minimum atomic E-state index is -0.544. The summed E-state index contributed by atoms with van der Waals surface area (Å²) in [5.74, 6) is -0.313. The lowest BCUT2D eigenvalue weighted by Gasteiger charge is -2.39. The van der Waals surface area contributed by atoms with Gasteiger partial charge in [0.1, 0.15) is 0 Å². The lowest BCUT2D eigenvalue weighted by molar-refractivity contribution is -0.384. The molecule has 7 nitrogen and oxygen atoms in total. The molecule has 1 unspecified atom stereocenters. The third kappa shape index (κ3) is 3.31. The van der Waals surface area contributed by atoms with Crippen LogP contribution in [-0.2, 0) is 0 Å². The normalized spacial score (nSPS) is 19.6. The zero-order valence-electron chi connectivity index (χ0n) is 11.7. The Morgan fingerprint density at radius 2 is 2.24 bits per heavy atom. The number of halogens is 1. The number of amides is 1. The van der Waals surface area contributed by atoms with Crippen LogP contribution >= 0.6 is 11.6 Å². The Kier molecular flexibility index (Phi) is 4.76. The molecule has 1 atom stereocenters. The maximum Gasteiger partial charge on any atom is 0.270 e. The molecule has 114 valence electrons. The first kappa shape index (κ1) is 15.7. The fraction of sp³-hybridized carbons (Fsp3) is 0.462. The first-order chi connectivity index (χ1) is 9.93. The van der Waals surface area contributed by atoms with Gasteiger partial charge in [0.25, 0.3) is 11.6 Å². The number of nitrogens with zero attached hydrogens (tertiary/aromatic N) is 3. The van der Waals surface area contributed by atoms with Crippen molar-refractivity contribution >= 4 is 23.2 Å². The van der Waals surface area contributed by atoms with Crippen molar-refractivity contribution in [2.45, 2.75) is 6.04 Å². The van der Waals surface area contributed by atoms with Crippen molar-refractivity contribution in [1.82, 2.24) is 9.80 Å². The number of non-ortho nitro benzene ring substituents is 1. The molecule has 0 spiro atoms. The van der Waals surface area contributed by atoms with E-state index in [-0.39, 0.29) is 28.2 Å². The van der Waals surface area contributed by atoms with Crippen molar-refractivity contribution in [2.75, 3.05) is 33.2 Å².